The highest BCUT2D eigenvalue weighted by Gasteiger charge is 2.10. The van der Waals surface area contributed by atoms with Crippen molar-refractivity contribution in [2.45, 2.75) is 32.1 Å². The van der Waals surface area contributed by atoms with Crippen LogP contribution < -0.4 is 10.6 Å². The number of guanidine groups is 1. The van der Waals surface area contributed by atoms with Gasteiger partial charge in [0.1, 0.15) is 0 Å². The SMILES string of the molecule is CN=C(NCCCc1ccccc1)NCCCN1CCCC1. The second-order valence-corrected chi connectivity index (χ2v) is 5.92. The van der Waals surface area contributed by atoms with E-state index in [1.165, 1.54) is 44.5 Å². The van der Waals surface area contributed by atoms with Gasteiger partial charge < -0.3 is 15.5 Å². The summed E-state index contributed by atoms with van der Waals surface area (Å²) in [5.41, 5.74) is 1.40. The average molecular weight is 302 g/mol. The molecule has 4 heteroatoms. The molecule has 122 valence electrons. The molecule has 1 aromatic rings. The number of likely N-dealkylation sites (tertiary alicyclic amines) is 1. The summed E-state index contributed by atoms with van der Waals surface area (Å²) in [7, 11) is 1.84. The van der Waals surface area contributed by atoms with E-state index in [0.29, 0.717) is 0 Å². The molecule has 0 saturated carbocycles. The highest BCUT2D eigenvalue weighted by atomic mass is 15.2. The second kappa shape index (κ2) is 10.2. The largest absolute Gasteiger partial charge is 0.356 e. The van der Waals surface area contributed by atoms with Crippen molar-refractivity contribution in [2.75, 3.05) is 39.8 Å². The Kier molecular flexibility index (Phi) is 7.81. The third-order valence-electron chi connectivity index (χ3n) is 4.14. The number of aliphatic imine (C=N–C) groups is 1. The number of nitrogens with zero attached hydrogens (tertiary/aromatic N) is 2. The molecule has 1 saturated heterocycles. The van der Waals surface area contributed by atoms with Gasteiger partial charge in [-0.3, -0.25) is 4.99 Å². The minimum absolute atomic E-state index is 0.925. The van der Waals surface area contributed by atoms with Crippen molar-refractivity contribution in [3.05, 3.63) is 35.9 Å². The third-order valence-corrected chi connectivity index (χ3v) is 4.14. The predicted octanol–water partition coefficient (Wildman–Crippen LogP) is 2.27. The van der Waals surface area contributed by atoms with E-state index in [4.69, 9.17) is 0 Å². The maximum atomic E-state index is 4.28. The Balaban J connectivity index is 1.51. The Bertz CT molecular complexity index is 424. The Labute approximate surface area is 135 Å². The van der Waals surface area contributed by atoms with Crippen molar-refractivity contribution >= 4 is 5.96 Å². The predicted molar refractivity (Wildman–Crippen MR) is 94.4 cm³/mol. The Hall–Kier alpha value is -1.55. The lowest BCUT2D eigenvalue weighted by Crippen LogP contribution is -2.39. The molecule has 0 bridgehead atoms. The summed E-state index contributed by atoms with van der Waals surface area (Å²) < 4.78 is 0. The minimum Gasteiger partial charge on any atom is -0.356 e. The number of nitrogens with one attached hydrogen (secondary N) is 2. The first kappa shape index (κ1) is 16.8. The van der Waals surface area contributed by atoms with E-state index < -0.39 is 0 Å². The summed E-state index contributed by atoms with van der Waals surface area (Å²) >= 11 is 0. The van der Waals surface area contributed by atoms with Gasteiger partial charge in [0.05, 0.1) is 0 Å². The van der Waals surface area contributed by atoms with E-state index in [0.717, 1.165) is 31.9 Å². The van der Waals surface area contributed by atoms with Crippen molar-refractivity contribution in [1.82, 2.24) is 15.5 Å². The molecule has 2 rings (SSSR count). The van der Waals surface area contributed by atoms with Crippen molar-refractivity contribution in [3.8, 4) is 0 Å². The fourth-order valence-corrected chi connectivity index (χ4v) is 2.88. The summed E-state index contributed by atoms with van der Waals surface area (Å²) in [5, 5.41) is 6.80. The van der Waals surface area contributed by atoms with Gasteiger partial charge in [-0.05, 0) is 57.3 Å². The summed E-state index contributed by atoms with van der Waals surface area (Å²) in [4.78, 5) is 6.84. The fourth-order valence-electron chi connectivity index (χ4n) is 2.88. The van der Waals surface area contributed by atoms with E-state index in [1.54, 1.807) is 0 Å². The quantitative estimate of drug-likeness (QED) is 0.440. The maximum absolute atomic E-state index is 4.28. The van der Waals surface area contributed by atoms with E-state index in [-0.39, 0.29) is 0 Å². The molecule has 4 nitrogen and oxygen atoms in total. The smallest absolute Gasteiger partial charge is 0.190 e. The summed E-state index contributed by atoms with van der Waals surface area (Å²) in [6, 6.07) is 10.6. The van der Waals surface area contributed by atoms with Gasteiger partial charge in [0.15, 0.2) is 5.96 Å². The normalized spacial score (nSPS) is 16.0. The van der Waals surface area contributed by atoms with Crippen LogP contribution in [0.4, 0.5) is 0 Å². The highest BCUT2D eigenvalue weighted by Crippen LogP contribution is 2.06. The van der Waals surface area contributed by atoms with Crippen molar-refractivity contribution < 1.29 is 0 Å². The van der Waals surface area contributed by atoms with Crippen LogP contribution in [-0.4, -0.2) is 50.6 Å². The van der Waals surface area contributed by atoms with Gasteiger partial charge in [0, 0.05) is 20.1 Å². The molecule has 1 aliphatic rings. The molecular weight excluding hydrogens is 272 g/mol. The number of hydrogen-bond acceptors (Lipinski definition) is 2. The number of hydrogen-bond donors (Lipinski definition) is 2. The van der Waals surface area contributed by atoms with Gasteiger partial charge in [0.25, 0.3) is 0 Å². The molecular formula is C18H30N4. The van der Waals surface area contributed by atoms with Crippen molar-refractivity contribution in [3.63, 3.8) is 0 Å². The van der Waals surface area contributed by atoms with Crippen LogP contribution in [0.15, 0.2) is 35.3 Å². The molecule has 22 heavy (non-hydrogen) atoms. The van der Waals surface area contributed by atoms with Crippen LogP contribution in [0.3, 0.4) is 0 Å². The molecule has 1 fully saturated rings. The number of rotatable bonds is 8. The first-order valence-electron chi connectivity index (χ1n) is 8.59. The molecule has 1 heterocycles. The standard InChI is InChI=1S/C18H30N4/c1-19-18(21-13-8-16-22-14-5-6-15-22)20-12-7-11-17-9-3-2-4-10-17/h2-4,9-10H,5-8,11-16H2,1H3,(H2,19,20,21). The van der Waals surface area contributed by atoms with Crippen LogP contribution in [0.2, 0.25) is 0 Å². The van der Waals surface area contributed by atoms with Crippen LogP contribution in [0.5, 0.6) is 0 Å². The molecule has 0 spiro atoms. The first-order chi connectivity index (χ1) is 10.9. The van der Waals surface area contributed by atoms with Gasteiger partial charge >= 0.3 is 0 Å². The maximum Gasteiger partial charge on any atom is 0.190 e. The monoisotopic (exact) mass is 302 g/mol. The molecule has 0 amide bonds. The van der Waals surface area contributed by atoms with Gasteiger partial charge in [-0.2, -0.15) is 0 Å². The summed E-state index contributed by atoms with van der Waals surface area (Å²) in [6.07, 6.45) is 6.17. The average Bonchev–Trinajstić information content (AvgIpc) is 3.08. The summed E-state index contributed by atoms with van der Waals surface area (Å²) in [6.45, 7) is 5.73. The van der Waals surface area contributed by atoms with E-state index in [9.17, 15) is 0 Å². The Morgan fingerprint density at radius 2 is 1.73 bits per heavy atom. The van der Waals surface area contributed by atoms with Gasteiger partial charge in [-0.25, -0.2) is 0 Å². The second-order valence-electron chi connectivity index (χ2n) is 5.92. The number of aryl methyl sites for hydroxylation is 1. The van der Waals surface area contributed by atoms with Gasteiger partial charge in [0.2, 0.25) is 0 Å². The van der Waals surface area contributed by atoms with Crippen molar-refractivity contribution in [2.24, 2.45) is 4.99 Å². The molecule has 0 aliphatic carbocycles. The minimum atomic E-state index is 0.925. The van der Waals surface area contributed by atoms with Crippen LogP contribution in [0.25, 0.3) is 0 Å². The molecule has 0 unspecified atom stereocenters. The molecule has 0 atom stereocenters. The molecule has 2 N–H and O–H groups in total. The zero-order valence-electron chi connectivity index (χ0n) is 13.9. The molecule has 1 aliphatic heterocycles. The lowest BCUT2D eigenvalue weighted by Gasteiger charge is -2.16. The fraction of sp³-hybridized carbons (Fsp3) is 0.611. The summed E-state index contributed by atoms with van der Waals surface area (Å²) in [5.74, 6) is 0.925. The van der Waals surface area contributed by atoms with E-state index in [2.05, 4.69) is 50.9 Å². The third kappa shape index (κ3) is 6.48. The van der Waals surface area contributed by atoms with Crippen molar-refractivity contribution in [1.29, 1.82) is 0 Å². The zero-order chi connectivity index (χ0) is 15.5. The molecule has 1 aromatic carbocycles. The lowest BCUT2D eigenvalue weighted by atomic mass is 10.1. The van der Waals surface area contributed by atoms with Crippen LogP contribution in [0, 0.1) is 0 Å². The molecule has 0 radical (unpaired) electrons. The number of benzene rings is 1. The van der Waals surface area contributed by atoms with Gasteiger partial charge in [-0.1, -0.05) is 30.3 Å². The zero-order valence-corrected chi connectivity index (χ0v) is 13.9. The first-order valence-corrected chi connectivity index (χ1v) is 8.59. The van der Waals surface area contributed by atoms with E-state index >= 15 is 0 Å². The topological polar surface area (TPSA) is 39.7 Å². The van der Waals surface area contributed by atoms with E-state index in [1.807, 2.05) is 7.05 Å². The Morgan fingerprint density at radius 3 is 2.41 bits per heavy atom. The van der Waals surface area contributed by atoms with Crippen LogP contribution in [0.1, 0.15) is 31.2 Å². The molecule has 0 aromatic heterocycles. The van der Waals surface area contributed by atoms with Crippen LogP contribution >= 0.6 is 0 Å². The lowest BCUT2D eigenvalue weighted by molar-refractivity contribution is 0.334. The van der Waals surface area contributed by atoms with Crippen LogP contribution in [-0.2, 0) is 6.42 Å². The van der Waals surface area contributed by atoms with Gasteiger partial charge in [-0.15, -0.1) is 0 Å². The Morgan fingerprint density at radius 1 is 1.05 bits per heavy atom. The highest BCUT2D eigenvalue weighted by molar-refractivity contribution is 5.79.